The lowest BCUT2D eigenvalue weighted by atomic mass is 10.2. The van der Waals surface area contributed by atoms with Crippen LogP contribution in [-0.2, 0) is 0 Å². The van der Waals surface area contributed by atoms with Gasteiger partial charge in [0.25, 0.3) is 0 Å². The van der Waals surface area contributed by atoms with Crippen LogP contribution in [0.15, 0.2) is 16.5 Å². The van der Waals surface area contributed by atoms with E-state index >= 15 is 0 Å². The van der Waals surface area contributed by atoms with Crippen molar-refractivity contribution in [2.75, 3.05) is 5.33 Å². The summed E-state index contributed by atoms with van der Waals surface area (Å²) in [6.07, 6.45) is -1.77. The Labute approximate surface area is 79.1 Å². The van der Waals surface area contributed by atoms with Gasteiger partial charge in [-0.3, -0.25) is 0 Å². The lowest BCUT2D eigenvalue weighted by Crippen LogP contribution is -2.18. The van der Waals surface area contributed by atoms with E-state index in [4.69, 9.17) is 4.42 Å². The van der Waals surface area contributed by atoms with E-state index in [0.29, 0.717) is 11.1 Å². The molecule has 0 aliphatic carbocycles. The molecule has 0 fully saturated rings. The van der Waals surface area contributed by atoms with Crippen molar-refractivity contribution in [1.29, 1.82) is 0 Å². The summed E-state index contributed by atoms with van der Waals surface area (Å²) in [5.41, 5.74) is 0. The summed E-state index contributed by atoms with van der Waals surface area (Å²) < 4.78 is 5.14. The maximum Gasteiger partial charge on any atom is 0.138 e. The molecule has 2 N–H and O–H groups in total. The van der Waals surface area contributed by atoms with Crippen molar-refractivity contribution in [1.82, 2.24) is 0 Å². The van der Waals surface area contributed by atoms with Gasteiger partial charge in [-0.25, -0.2) is 0 Å². The highest BCUT2D eigenvalue weighted by Crippen LogP contribution is 2.20. The zero-order valence-electron chi connectivity index (χ0n) is 6.70. The number of rotatable bonds is 3. The highest BCUT2D eigenvalue weighted by atomic mass is 79.9. The van der Waals surface area contributed by atoms with Crippen LogP contribution >= 0.6 is 15.9 Å². The van der Waals surface area contributed by atoms with Crippen molar-refractivity contribution in [3.8, 4) is 0 Å². The molecule has 2 unspecified atom stereocenters. The van der Waals surface area contributed by atoms with E-state index in [1.165, 1.54) is 0 Å². The van der Waals surface area contributed by atoms with Crippen LogP contribution in [0.2, 0.25) is 0 Å². The molecule has 3 nitrogen and oxygen atoms in total. The van der Waals surface area contributed by atoms with Crippen molar-refractivity contribution >= 4 is 15.9 Å². The topological polar surface area (TPSA) is 53.6 Å². The summed E-state index contributed by atoms with van der Waals surface area (Å²) in [6, 6.07) is 3.41. The van der Waals surface area contributed by atoms with Crippen LogP contribution in [-0.4, -0.2) is 21.6 Å². The van der Waals surface area contributed by atoms with Crippen LogP contribution in [0.3, 0.4) is 0 Å². The molecular weight excluding hydrogens is 224 g/mol. The molecule has 1 aromatic rings. The predicted octanol–water partition coefficient (Wildman–Crippen LogP) is 1.38. The Balaban J connectivity index is 2.70. The Bertz CT molecular complexity index is 246. The Morgan fingerprint density at radius 2 is 2.17 bits per heavy atom. The van der Waals surface area contributed by atoms with Gasteiger partial charge in [-0.05, 0) is 19.1 Å². The number of hydrogen-bond donors (Lipinski definition) is 2. The molecule has 2 atom stereocenters. The van der Waals surface area contributed by atoms with Gasteiger partial charge in [0.2, 0.25) is 0 Å². The van der Waals surface area contributed by atoms with Crippen molar-refractivity contribution in [2.24, 2.45) is 0 Å². The molecule has 4 heteroatoms. The zero-order valence-corrected chi connectivity index (χ0v) is 8.28. The van der Waals surface area contributed by atoms with Crippen LogP contribution in [0.1, 0.15) is 17.6 Å². The summed E-state index contributed by atoms with van der Waals surface area (Å²) in [4.78, 5) is 0. The molecule has 0 radical (unpaired) electrons. The van der Waals surface area contributed by atoms with Crippen LogP contribution in [0.5, 0.6) is 0 Å². The van der Waals surface area contributed by atoms with Crippen LogP contribution in [0.4, 0.5) is 0 Å². The second-order valence-corrected chi connectivity index (χ2v) is 3.26. The molecule has 1 aromatic heterocycles. The SMILES string of the molecule is Cc1ccc(C(O)C(O)CBr)o1. The molecule has 1 heterocycles. The molecule has 0 saturated heterocycles. The van der Waals surface area contributed by atoms with Crippen LogP contribution in [0, 0.1) is 6.92 Å². The Hall–Kier alpha value is -0.320. The molecule has 1 rings (SSSR count). The Morgan fingerprint density at radius 3 is 2.58 bits per heavy atom. The minimum absolute atomic E-state index is 0.327. The monoisotopic (exact) mass is 234 g/mol. The van der Waals surface area contributed by atoms with Gasteiger partial charge < -0.3 is 14.6 Å². The molecule has 68 valence electrons. The molecule has 0 saturated carbocycles. The number of aliphatic hydroxyl groups is 2. The van der Waals surface area contributed by atoms with Gasteiger partial charge in [0, 0.05) is 5.33 Å². The van der Waals surface area contributed by atoms with E-state index in [0.717, 1.165) is 5.76 Å². The zero-order chi connectivity index (χ0) is 9.14. The van der Waals surface area contributed by atoms with Crippen LogP contribution in [0.25, 0.3) is 0 Å². The van der Waals surface area contributed by atoms with Gasteiger partial charge in [-0.1, -0.05) is 15.9 Å². The van der Waals surface area contributed by atoms with E-state index in [-0.39, 0.29) is 0 Å². The fraction of sp³-hybridized carbons (Fsp3) is 0.500. The first-order chi connectivity index (χ1) is 5.65. The average molecular weight is 235 g/mol. The fourth-order valence-corrected chi connectivity index (χ4v) is 1.24. The number of aliphatic hydroxyl groups excluding tert-OH is 2. The number of aryl methyl sites for hydroxylation is 1. The molecule has 12 heavy (non-hydrogen) atoms. The third-order valence-corrected chi connectivity index (χ3v) is 2.24. The fourth-order valence-electron chi connectivity index (χ4n) is 0.886. The molecule has 0 spiro atoms. The summed E-state index contributed by atoms with van der Waals surface area (Å²) in [5.74, 6) is 1.13. The predicted molar refractivity (Wildman–Crippen MR) is 48.2 cm³/mol. The van der Waals surface area contributed by atoms with E-state index in [2.05, 4.69) is 15.9 Å². The third-order valence-electron chi connectivity index (χ3n) is 1.58. The van der Waals surface area contributed by atoms with Gasteiger partial charge in [0.05, 0.1) is 6.10 Å². The normalized spacial score (nSPS) is 16.0. The van der Waals surface area contributed by atoms with E-state index in [9.17, 15) is 10.2 Å². The third kappa shape index (κ3) is 2.09. The standard InChI is InChI=1S/C8H11BrO3/c1-5-2-3-7(12-5)8(11)6(10)4-9/h2-3,6,8,10-11H,4H2,1H3. The molecule has 0 aromatic carbocycles. The highest BCUT2D eigenvalue weighted by Gasteiger charge is 2.19. The van der Waals surface area contributed by atoms with Crippen molar-refractivity contribution < 1.29 is 14.6 Å². The lowest BCUT2D eigenvalue weighted by Gasteiger charge is -2.12. The molecular formula is C8H11BrO3. The first-order valence-electron chi connectivity index (χ1n) is 3.63. The number of furan rings is 1. The van der Waals surface area contributed by atoms with Crippen molar-refractivity contribution in [3.63, 3.8) is 0 Å². The summed E-state index contributed by atoms with van der Waals surface area (Å²) in [6.45, 7) is 1.79. The summed E-state index contributed by atoms with van der Waals surface area (Å²) in [5, 5.41) is 19.0. The molecule has 0 bridgehead atoms. The van der Waals surface area contributed by atoms with E-state index in [1.807, 2.05) is 0 Å². The molecule has 0 aliphatic heterocycles. The van der Waals surface area contributed by atoms with Gasteiger partial charge in [0.15, 0.2) is 0 Å². The van der Waals surface area contributed by atoms with Gasteiger partial charge in [-0.15, -0.1) is 0 Å². The second kappa shape index (κ2) is 4.07. The average Bonchev–Trinajstić information content (AvgIpc) is 2.49. The molecule has 0 aliphatic rings. The van der Waals surface area contributed by atoms with Gasteiger partial charge in [0.1, 0.15) is 17.6 Å². The number of hydrogen-bond acceptors (Lipinski definition) is 3. The maximum atomic E-state index is 9.43. The number of halogens is 1. The second-order valence-electron chi connectivity index (χ2n) is 2.61. The van der Waals surface area contributed by atoms with Crippen molar-refractivity contribution in [2.45, 2.75) is 19.1 Å². The minimum Gasteiger partial charge on any atom is -0.464 e. The maximum absolute atomic E-state index is 9.43. The first kappa shape index (κ1) is 9.77. The molecule has 0 amide bonds. The minimum atomic E-state index is -0.946. The largest absolute Gasteiger partial charge is 0.464 e. The summed E-state index contributed by atoms with van der Waals surface area (Å²) >= 11 is 3.07. The van der Waals surface area contributed by atoms with Crippen LogP contribution < -0.4 is 0 Å². The quantitative estimate of drug-likeness (QED) is 0.778. The van der Waals surface area contributed by atoms with Crippen molar-refractivity contribution in [3.05, 3.63) is 23.7 Å². The highest BCUT2D eigenvalue weighted by molar-refractivity contribution is 9.09. The first-order valence-corrected chi connectivity index (χ1v) is 4.75. The smallest absolute Gasteiger partial charge is 0.138 e. The summed E-state index contributed by atoms with van der Waals surface area (Å²) in [7, 11) is 0. The van der Waals surface area contributed by atoms with Gasteiger partial charge in [-0.2, -0.15) is 0 Å². The van der Waals surface area contributed by atoms with E-state index < -0.39 is 12.2 Å². The Kier molecular flexibility index (Phi) is 3.31. The van der Waals surface area contributed by atoms with Gasteiger partial charge >= 0.3 is 0 Å². The van der Waals surface area contributed by atoms with E-state index in [1.54, 1.807) is 19.1 Å². The Morgan fingerprint density at radius 1 is 1.50 bits per heavy atom. The lowest BCUT2D eigenvalue weighted by molar-refractivity contribution is 0.0199. The number of alkyl halides is 1.